The number of ether oxygens (including phenoxy) is 1. The smallest absolute Gasteiger partial charge is 0.310 e. The summed E-state index contributed by atoms with van der Waals surface area (Å²) >= 11 is 0. The highest BCUT2D eigenvalue weighted by Gasteiger charge is 2.29. The Kier molecular flexibility index (Phi) is 4.54. The van der Waals surface area contributed by atoms with Gasteiger partial charge >= 0.3 is 5.97 Å². The second-order valence-electron chi connectivity index (χ2n) is 4.64. The van der Waals surface area contributed by atoms with E-state index in [4.69, 9.17) is 4.74 Å². The minimum absolute atomic E-state index is 0.0491. The molecule has 104 valence electrons. The predicted molar refractivity (Wildman–Crippen MR) is 73.1 cm³/mol. The summed E-state index contributed by atoms with van der Waals surface area (Å²) < 4.78 is 4.78. The Morgan fingerprint density at radius 2 is 2.42 bits per heavy atom. The predicted octanol–water partition coefficient (Wildman–Crippen LogP) is 1.30. The molecule has 0 bridgehead atoms. The van der Waals surface area contributed by atoms with Gasteiger partial charge in [-0.25, -0.2) is 9.97 Å². The maximum absolute atomic E-state index is 11.5. The Balaban J connectivity index is 2.00. The van der Waals surface area contributed by atoms with Crippen LogP contribution in [0.2, 0.25) is 0 Å². The highest BCUT2D eigenvalue weighted by molar-refractivity contribution is 5.74. The van der Waals surface area contributed by atoms with E-state index in [0.717, 1.165) is 37.6 Å². The van der Waals surface area contributed by atoms with Crippen molar-refractivity contribution in [2.75, 3.05) is 37.0 Å². The highest BCUT2D eigenvalue weighted by atomic mass is 16.5. The van der Waals surface area contributed by atoms with Gasteiger partial charge in [0.1, 0.15) is 18.0 Å². The molecule has 1 aliphatic heterocycles. The van der Waals surface area contributed by atoms with Crippen LogP contribution in [0.4, 0.5) is 11.6 Å². The van der Waals surface area contributed by atoms with Crippen molar-refractivity contribution in [2.45, 2.75) is 19.8 Å². The van der Waals surface area contributed by atoms with Gasteiger partial charge in [0.2, 0.25) is 0 Å². The Labute approximate surface area is 113 Å². The lowest BCUT2D eigenvalue weighted by atomic mass is 10.1. The van der Waals surface area contributed by atoms with Gasteiger partial charge in [0.25, 0.3) is 0 Å². The third kappa shape index (κ3) is 3.33. The van der Waals surface area contributed by atoms with Gasteiger partial charge in [-0.1, -0.05) is 6.92 Å². The summed E-state index contributed by atoms with van der Waals surface area (Å²) in [4.78, 5) is 22.1. The summed E-state index contributed by atoms with van der Waals surface area (Å²) in [7, 11) is 1.43. The molecule has 0 saturated carbocycles. The monoisotopic (exact) mass is 264 g/mol. The summed E-state index contributed by atoms with van der Waals surface area (Å²) in [5.41, 5.74) is 0. The SMILES string of the molecule is CCCNc1cc(N2CCC(C(=O)OC)C2)ncn1. The number of nitrogens with zero attached hydrogens (tertiary/aromatic N) is 3. The first kappa shape index (κ1) is 13.6. The van der Waals surface area contributed by atoms with E-state index in [0.29, 0.717) is 6.54 Å². The quantitative estimate of drug-likeness (QED) is 0.808. The lowest BCUT2D eigenvalue weighted by molar-refractivity contribution is -0.144. The molecule has 0 spiro atoms. The van der Waals surface area contributed by atoms with E-state index in [1.54, 1.807) is 6.33 Å². The first-order chi connectivity index (χ1) is 9.24. The van der Waals surface area contributed by atoms with Crippen LogP contribution in [0.3, 0.4) is 0 Å². The Morgan fingerprint density at radius 1 is 1.58 bits per heavy atom. The first-order valence-electron chi connectivity index (χ1n) is 6.63. The number of hydrogen-bond donors (Lipinski definition) is 1. The molecule has 0 aliphatic carbocycles. The molecular weight excluding hydrogens is 244 g/mol. The van der Waals surface area contributed by atoms with Crippen LogP contribution < -0.4 is 10.2 Å². The van der Waals surface area contributed by atoms with Crippen LogP contribution in [-0.2, 0) is 9.53 Å². The van der Waals surface area contributed by atoms with Gasteiger partial charge in [0.15, 0.2) is 0 Å². The number of methoxy groups -OCH3 is 1. The van der Waals surface area contributed by atoms with Gasteiger partial charge in [0, 0.05) is 25.7 Å². The molecule has 1 aliphatic rings. The van der Waals surface area contributed by atoms with Crippen molar-refractivity contribution in [1.29, 1.82) is 0 Å². The molecule has 2 heterocycles. The van der Waals surface area contributed by atoms with Crippen LogP contribution in [0.25, 0.3) is 0 Å². The number of anilines is 2. The van der Waals surface area contributed by atoms with Gasteiger partial charge in [-0.15, -0.1) is 0 Å². The summed E-state index contributed by atoms with van der Waals surface area (Å²) in [6.07, 6.45) is 3.42. The molecule has 0 amide bonds. The number of carbonyl (C=O) groups is 1. The minimum Gasteiger partial charge on any atom is -0.469 e. The molecule has 1 aromatic rings. The molecule has 0 radical (unpaired) electrons. The first-order valence-corrected chi connectivity index (χ1v) is 6.63. The molecule has 1 atom stereocenters. The standard InChI is InChI=1S/C13H20N4O2/c1-3-5-14-11-7-12(16-9-15-11)17-6-4-10(8-17)13(18)19-2/h7,9-10H,3-6,8H2,1-2H3,(H,14,15,16). The fraction of sp³-hybridized carbons (Fsp3) is 0.615. The van der Waals surface area contributed by atoms with Crippen LogP contribution >= 0.6 is 0 Å². The van der Waals surface area contributed by atoms with Crippen LogP contribution in [0, 0.1) is 5.92 Å². The summed E-state index contributed by atoms with van der Waals surface area (Å²) in [6.45, 7) is 4.48. The van der Waals surface area contributed by atoms with E-state index in [2.05, 4.69) is 27.1 Å². The second-order valence-corrected chi connectivity index (χ2v) is 4.64. The Hall–Kier alpha value is -1.85. The Morgan fingerprint density at radius 3 is 3.16 bits per heavy atom. The Bertz CT molecular complexity index is 438. The molecule has 6 nitrogen and oxygen atoms in total. The number of nitrogens with one attached hydrogen (secondary N) is 1. The van der Waals surface area contributed by atoms with Gasteiger partial charge in [-0.3, -0.25) is 4.79 Å². The summed E-state index contributed by atoms with van der Waals surface area (Å²) in [5, 5.41) is 3.23. The highest BCUT2D eigenvalue weighted by Crippen LogP contribution is 2.23. The van der Waals surface area contributed by atoms with Crippen molar-refractivity contribution in [2.24, 2.45) is 5.92 Å². The number of aromatic nitrogens is 2. The fourth-order valence-electron chi connectivity index (χ4n) is 2.20. The van der Waals surface area contributed by atoms with Gasteiger partial charge in [-0.2, -0.15) is 0 Å². The minimum atomic E-state index is -0.138. The molecule has 19 heavy (non-hydrogen) atoms. The van der Waals surface area contributed by atoms with Crippen molar-refractivity contribution in [1.82, 2.24) is 9.97 Å². The normalized spacial score (nSPS) is 18.4. The third-order valence-corrected chi connectivity index (χ3v) is 3.26. The zero-order valence-electron chi connectivity index (χ0n) is 11.4. The van der Waals surface area contributed by atoms with E-state index in [1.807, 2.05) is 6.07 Å². The van der Waals surface area contributed by atoms with Gasteiger partial charge in [0.05, 0.1) is 13.0 Å². The molecular formula is C13H20N4O2. The van der Waals surface area contributed by atoms with E-state index in [1.165, 1.54) is 7.11 Å². The zero-order valence-corrected chi connectivity index (χ0v) is 11.4. The maximum Gasteiger partial charge on any atom is 0.310 e. The summed E-state index contributed by atoms with van der Waals surface area (Å²) in [5.74, 6) is 1.50. The number of hydrogen-bond acceptors (Lipinski definition) is 6. The largest absolute Gasteiger partial charge is 0.469 e. The van der Waals surface area contributed by atoms with E-state index in [9.17, 15) is 4.79 Å². The summed E-state index contributed by atoms with van der Waals surface area (Å²) in [6, 6.07) is 1.93. The van der Waals surface area contributed by atoms with Gasteiger partial charge in [-0.05, 0) is 12.8 Å². The molecule has 1 saturated heterocycles. The van der Waals surface area contributed by atoms with Crippen molar-refractivity contribution < 1.29 is 9.53 Å². The average molecular weight is 264 g/mol. The topological polar surface area (TPSA) is 67.4 Å². The average Bonchev–Trinajstić information content (AvgIpc) is 2.94. The molecule has 1 unspecified atom stereocenters. The van der Waals surface area contributed by atoms with Crippen LogP contribution in [0.5, 0.6) is 0 Å². The van der Waals surface area contributed by atoms with Crippen molar-refractivity contribution in [3.05, 3.63) is 12.4 Å². The van der Waals surface area contributed by atoms with E-state index >= 15 is 0 Å². The lowest BCUT2D eigenvalue weighted by Crippen LogP contribution is -2.24. The molecule has 1 fully saturated rings. The van der Waals surface area contributed by atoms with E-state index < -0.39 is 0 Å². The van der Waals surface area contributed by atoms with E-state index in [-0.39, 0.29) is 11.9 Å². The molecule has 1 N–H and O–H groups in total. The number of carbonyl (C=O) groups excluding carboxylic acids is 1. The number of esters is 1. The molecule has 1 aromatic heterocycles. The second kappa shape index (κ2) is 6.36. The number of rotatable bonds is 5. The van der Waals surface area contributed by atoms with Crippen molar-refractivity contribution in [3.63, 3.8) is 0 Å². The molecule has 2 rings (SSSR count). The molecule has 0 aromatic carbocycles. The van der Waals surface area contributed by atoms with Crippen molar-refractivity contribution in [3.8, 4) is 0 Å². The zero-order chi connectivity index (χ0) is 13.7. The lowest BCUT2D eigenvalue weighted by Gasteiger charge is -2.17. The van der Waals surface area contributed by atoms with Crippen LogP contribution in [0.15, 0.2) is 12.4 Å². The van der Waals surface area contributed by atoms with Crippen LogP contribution in [0.1, 0.15) is 19.8 Å². The van der Waals surface area contributed by atoms with Crippen LogP contribution in [-0.4, -0.2) is 42.7 Å². The fourth-order valence-corrected chi connectivity index (χ4v) is 2.20. The molecule has 6 heteroatoms. The maximum atomic E-state index is 11.5. The van der Waals surface area contributed by atoms with Crippen molar-refractivity contribution >= 4 is 17.6 Å². The van der Waals surface area contributed by atoms with Gasteiger partial charge < -0.3 is 15.0 Å². The third-order valence-electron chi connectivity index (χ3n) is 3.26.